The molecule has 0 aliphatic carbocycles. The van der Waals surface area contributed by atoms with Crippen molar-refractivity contribution in [3.8, 4) is 0 Å². The fourth-order valence-corrected chi connectivity index (χ4v) is 2.85. The monoisotopic (exact) mass is 458 g/mol. The number of hydrogen-bond acceptors (Lipinski definition) is 6. The number of benzene rings is 2. The summed E-state index contributed by atoms with van der Waals surface area (Å²) in [5, 5.41) is 23.2. The molecule has 0 aliphatic rings. The van der Waals surface area contributed by atoms with Crippen LogP contribution in [0.4, 0.5) is 9.59 Å². The summed E-state index contributed by atoms with van der Waals surface area (Å²) in [5.74, 6) is -2.57. The van der Waals surface area contributed by atoms with Crippen LogP contribution in [-0.2, 0) is 32.3 Å². The molecule has 0 radical (unpaired) electrons. The summed E-state index contributed by atoms with van der Waals surface area (Å²) in [7, 11) is 0. The van der Waals surface area contributed by atoms with Crippen molar-refractivity contribution in [3.05, 3.63) is 71.8 Å². The first-order chi connectivity index (χ1) is 15.8. The Labute approximate surface area is 190 Å². The molecule has 0 bridgehead atoms. The summed E-state index contributed by atoms with van der Waals surface area (Å²) in [4.78, 5) is 46.7. The Morgan fingerprint density at radius 3 is 1.36 bits per heavy atom. The van der Waals surface area contributed by atoms with Gasteiger partial charge in [-0.15, -0.1) is 0 Å². The summed E-state index contributed by atoms with van der Waals surface area (Å²) >= 11 is 0. The van der Waals surface area contributed by atoms with Crippen LogP contribution in [0, 0.1) is 0 Å². The summed E-state index contributed by atoms with van der Waals surface area (Å²) < 4.78 is 10.0. The number of alkyl carbamates (subject to hydrolysis) is 2. The Morgan fingerprint density at radius 2 is 1.03 bits per heavy atom. The molecule has 2 aromatic rings. The minimum Gasteiger partial charge on any atom is -0.480 e. The van der Waals surface area contributed by atoms with Crippen LogP contribution in [0.25, 0.3) is 0 Å². The van der Waals surface area contributed by atoms with E-state index < -0.39 is 36.2 Å². The van der Waals surface area contributed by atoms with E-state index in [2.05, 4.69) is 10.6 Å². The fraction of sp³-hybridized carbons (Fsp3) is 0.304. The molecule has 2 atom stereocenters. The Kier molecular flexibility index (Phi) is 10.2. The highest BCUT2D eigenvalue weighted by atomic mass is 16.6. The topological polar surface area (TPSA) is 151 Å². The lowest BCUT2D eigenvalue weighted by molar-refractivity contribution is -0.139. The highest BCUT2D eigenvalue weighted by molar-refractivity contribution is 5.80. The molecule has 10 heteroatoms. The average Bonchev–Trinajstić information content (AvgIpc) is 2.81. The maximum atomic E-state index is 11.9. The predicted octanol–water partition coefficient (Wildman–Crippen LogP) is 2.92. The molecule has 0 saturated heterocycles. The second kappa shape index (κ2) is 13.4. The van der Waals surface area contributed by atoms with Crippen molar-refractivity contribution >= 4 is 24.1 Å². The van der Waals surface area contributed by atoms with Crippen LogP contribution in [0.15, 0.2) is 60.7 Å². The molecule has 0 fully saturated rings. The van der Waals surface area contributed by atoms with E-state index in [0.29, 0.717) is 0 Å². The van der Waals surface area contributed by atoms with Gasteiger partial charge in [0.1, 0.15) is 25.3 Å². The lowest BCUT2D eigenvalue weighted by atomic mass is 10.1. The van der Waals surface area contributed by atoms with Gasteiger partial charge in [0.2, 0.25) is 0 Å². The van der Waals surface area contributed by atoms with Crippen molar-refractivity contribution in [2.75, 3.05) is 0 Å². The second-order valence-corrected chi connectivity index (χ2v) is 7.12. The summed E-state index contributed by atoms with van der Waals surface area (Å²) in [6, 6.07) is 15.2. The highest BCUT2D eigenvalue weighted by Gasteiger charge is 2.24. The van der Waals surface area contributed by atoms with Crippen molar-refractivity contribution in [1.29, 1.82) is 0 Å². The standard InChI is InChI=1S/C23H26N2O8/c26-20(27)18(24-22(30)32-14-16-8-3-1-4-9-16)12-7-13-19(21(28)29)25-23(31)33-15-17-10-5-2-6-11-17/h1-6,8-11,18-19H,7,12-15H2,(H,24,30)(H,25,31)(H,26,27)(H,28,29). The summed E-state index contributed by atoms with van der Waals surface area (Å²) in [6.07, 6.45) is -1.81. The van der Waals surface area contributed by atoms with E-state index in [-0.39, 0.29) is 32.5 Å². The zero-order chi connectivity index (χ0) is 24.1. The predicted molar refractivity (Wildman–Crippen MR) is 116 cm³/mol. The van der Waals surface area contributed by atoms with Crippen LogP contribution in [-0.4, -0.2) is 46.4 Å². The lowest BCUT2D eigenvalue weighted by Crippen LogP contribution is -2.43. The van der Waals surface area contributed by atoms with Crippen LogP contribution >= 0.6 is 0 Å². The first kappa shape index (κ1) is 25.2. The van der Waals surface area contributed by atoms with Crippen LogP contribution in [0.1, 0.15) is 30.4 Å². The number of carboxylic acids is 2. The number of nitrogens with one attached hydrogen (secondary N) is 2. The smallest absolute Gasteiger partial charge is 0.408 e. The van der Waals surface area contributed by atoms with Crippen LogP contribution in [0.2, 0.25) is 0 Å². The van der Waals surface area contributed by atoms with Crippen molar-refractivity contribution in [3.63, 3.8) is 0 Å². The van der Waals surface area contributed by atoms with Crippen molar-refractivity contribution < 1.29 is 38.9 Å². The molecule has 0 aliphatic heterocycles. The van der Waals surface area contributed by atoms with Gasteiger partial charge in [-0.25, -0.2) is 19.2 Å². The molecule has 33 heavy (non-hydrogen) atoms. The molecule has 2 unspecified atom stereocenters. The van der Waals surface area contributed by atoms with E-state index >= 15 is 0 Å². The molecule has 176 valence electrons. The van der Waals surface area contributed by atoms with Gasteiger partial charge in [0.25, 0.3) is 0 Å². The highest BCUT2D eigenvalue weighted by Crippen LogP contribution is 2.08. The number of carboxylic acid groups (broad SMARTS) is 2. The van der Waals surface area contributed by atoms with Crippen molar-refractivity contribution in [1.82, 2.24) is 10.6 Å². The van der Waals surface area contributed by atoms with Gasteiger partial charge in [-0.05, 0) is 30.4 Å². The Hall–Kier alpha value is -4.08. The van der Waals surface area contributed by atoms with Gasteiger partial charge in [-0.3, -0.25) is 0 Å². The first-order valence-corrected chi connectivity index (χ1v) is 10.2. The maximum absolute atomic E-state index is 11.9. The lowest BCUT2D eigenvalue weighted by Gasteiger charge is -2.17. The van der Waals surface area contributed by atoms with Gasteiger partial charge in [0.15, 0.2) is 0 Å². The maximum Gasteiger partial charge on any atom is 0.408 e. The van der Waals surface area contributed by atoms with E-state index in [0.717, 1.165) is 11.1 Å². The van der Waals surface area contributed by atoms with Crippen LogP contribution in [0.3, 0.4) is 0 Å². The molecule has 4 N–H and O–H groups in total. The number of carbonyl (C=O) groups is 4. The largest absolute Gasteiger partial charge is 0.480 e. The molecule has 2 amide bonds. The minimum atomic E-state index is -1.28. The molecule has 0 heterocycles. The number of aliphatic carboxylic acids is 2. The quantitative estimate of drug-likeness (QED) is 0.379. The van der Waals surface area contributed by atoms with E-state index in [1.165, 1.54) is 0 Å². The number of rotatable bonds is 12. The number of carbonyl (C=O) groups excluding carboxylic acids is 2. The first-order valence-electron chi connectivity index (χ1n) is 10.2. The molecule has 2 rings (SSSR count). The molecule has 0 aromatic heterocycles. The molecule has 0 spiro atoms. The number of ether oxygens (including phenoxy) is 2. The Bertz CT molecular complexity index is 845. The SMILES string of the molecule is O=C(NC(CCCC(NC(=O)OCc1ccccc1)C(=O)O)C(=O)O)OCc1ccccc1. The van der Waals surface area contributed by atoms with Crippen LogP contribution < -0.4 is 10.6 Å². The normalized spacial score (nSPS) is 12.1. The van der Waals surface area contributed by atoms with Gasteiger partial charge in [0.05, 0.1) is 0 Å². The summed E-state index contributed by atoms with van der Waals surface area (Å²) in [5.41, 5.74) is 1.49. The number of amides is 2. The van der Waals surface area contributed by atoms with E-state index in [1.54, 1.807) is 48.5 Å². The second-order valence-electron chi connectivity index (χ2n) is 7.12. The van der Waals surface area contributed by atoms with Crippen LogP contribution in [0.5, 0.6) is 0 Å². The van der Waals surface area contributed by atoms with Gasteiger partial charge in [-0.2, -0.15) is 0 Å². The number of hydrogen-bond donors (Lipinski definition) is 4. The average molecular weight is 458 g/mol. The zero-order valence-electron chi connectivity index (χ0n) is 17.8. The van der Waals surface area contributed by atoms with Crippen molar-refractivity contribution in [2.24, 2.45) is 0 Å². The van der Waals surface area contributed by atoms with E-state index in [9.17, 15) is 29.4 Å². The van der Waals surface area contributed by atoms with E-state index in [4.69, 9.17) is 9.47 Å². The molecule has 2 aromatic carbocycles. The van der Waals surface area contributed by atoms with Gasteiger partial charge in [0, 0.05) is 0 Å². The fourth-order valence-electron chi connectivity index (χ4n) is 2.85. The third-order valence-corrected chi connectivity index (χ3v) is 4.59. The van der Waals surface area contributed by atoms with Gasteiger partial charge in [-0.1, -0.05) is 60.7 Å². The van der Waals surface area contributed by atoms with Crippen molar-refractivity contribution in [2.45, 2.75) is 44.6 Å². The Balaban J connectivity index is 1.76. The third-order valence-electron chi connectivity index (χ3n) is 4.59. The summed E-state index contributed by atoms with van der Waals surface area (Å²) in [6.45, 7) is -0.0375. The van der Waals surface area contributed by atoms with Gasteiger partial charge >= 0.3 is 24.1 Å². The molecule has 10 nitrogen and oxygen atoms in total. The van der Waals surface area contributed by atoms with E-state index in [1.807, 2.05) is 12.1 Å². The molecular formula is C23H26N2O8. The van der Waals surface area contributed by atoms with Gasteiger partial charge < -0.3 is 30.3 Å². The molecule has 0 saturated carbocycles. The minimum absolute atomic E-state index is 0.0187. The zero-order valence-corrected chi connectivity index (χ0v) is 17.8. The Morgan fingerprint density at radius 1 is 0.667 bits per heavy atom. The molecular weight excluding hydrogens is 432 g/mol. The third kappa shape index (κ3) is 9.72.